The molecule has 20 heavy (non-hydrogen) atoms. The van der Waals surface area contributed by atoms with Crippen molar-refractivity contribution in [1.82, 2.24) is 10.2 Å². The number of ether oxygens (including phenoxy) is 1. The predicted molar refractivity (Wildman–Crippen MR) is 81.2 cm³/mol. The summed E-state index contributed by atoms with van der Waals surface area (Å²) in [5.74, 6) is 0.840. The summed E-state index contributed by atoms with van der Waals surface area (Å²) in [6, 6.07) is 7.91. The minimum absolute atomic E-state index is 0.331. The van der Waals surface area contributed by atoms with Crippen LogP contribution in [0.1, 0.15) is 5.56 Å². The maximum absolute atomic E-state index is 10.1. The quantitative estimate of drug-likeness (QED) is 0.731. The number of hydrogen-bond donors (Lipinski definition) is 2. The van der Waals surface area contributed by atoms with Crippen LogP contribution >= 0.6 is 0 Å². The maximum atomic E-state index is 10.1. The van der Waals surface area contributed by atoms with Gasteiger partial charge in [0.25, 0.3) is 0 Å². The highest BCUT2D eigenvalue weighted by Gasteiger charge is 2.15. The first kappa shape index (κ1) is 15.0. The van der Waals surface area contributed by atoms with Gasteiger partial charge >= 0.3 is 0 Å². The zero-order valence-corrected chi connectivity index (χ0v) is 11.9. The molecular formula is C16H24N2O2. The van der Waals surface area contributed by atoms with Crippen molar-refractivity contribution in [3.05, 3.63) is 42.5 Å². The molecule has 4 nitrogen and oxygen atoms in total. The Hall–Kier alpha value is -1.36. The number of β-amino-alcohol motifs (C(OH)–C–C–N with tert-alkyl or cyclic N) is 1. The summed E-state index contributed by atoms with van der Waals surface area (Å²) >= 11 is 0. The van der Waals surface area contributed by atoms with Gasteiger partial charge in [0.05, 0.1) is 0 Å². The van der Waals surface area contributed by atoms with Crippen LogP contribution in [0, 0.1) is 0 Å². The summed E-state index contributed by atoms with van der Waals surface area (Å²) in [5.41, 5.74) is 1.11. The van der Waals surface area contributed by atoms with E-state index in [-0.39, 0.29) is 0 Å². The summed E-state index contributed by atoms with van der Waals surface area (Å²) in [5, 5.41) is 13.4. The molecule has 1 saturated heterocycles. The largest absolute Gasteiger partial charge is 0.491 e. The molecule has 1 aliphatic rings. The van der Waals surface area contributed by atoms with Gasteiger partial charge in [-0.15, -0.1) is 6.58 Å². The molecule has 1 atom stereocenters. The topological polar surface area (TPSA) is 44.7 Å². The number of aliphatic hydroxyl groups is 1. The van der Waals surface area contributed by atoms with Crippen molar-refractivity contribution in [2.24, 2.45) is 0 Å². The SMILES string of the molecule is C=CCc1ccccc1OCC(O)CN1CCNCC1. The van der Waals surface area contributed by atoms with Crippen LogP contribution < -0.4 is 10.1 Å². The smallest absolute Gasteiger partial charge is 0.122 e. The molecule has 0 amide bonds. The summed E-state index contributed by atoms with van der Waals surface area (Å²) < 4.78 is 5.75. The maximum Gasteiger partial charge on any atom is 0.122 e. The van der Waals surface area contributed by atoms with Crippen LogP contribution in [0.4, 0.5) is 0 Å². The van der Waals surface area contributed by atoms with Crippen LogP contribution in [-0.4, -0.2) is 55.4 Å². The van der Waals surface area contributed by atoms with Gasteiger partial charge in [-0.2, -0.15) is 0 Å². The predicted octanol–water partition coefficient (Wildman–Crippen LogP) is 1.06. The van der Waals surface area contributed by atoms with E-state index in [4.69, 9.17) is 4.74 Å². The minimum atomic E-state index is -0.454. The monoisotopic (exact) mass is 276 g/mol. The lowest BCUT2D eigenvalue weighted by Gasteiger charge is -2.29. The molecule has 2 rings (SSSR count). The molecule has 0 bridgehead atoms. The third-order valence-corrected chi connectivity index (χ3v) is 3.45. The lowest BCUT2D eigenvalue weighted by atomic mass is 10.1. The second-order valence-corrected chi connectivity index (χ2v) is 5.12. The Morgan fingerprint density at radius 2 is 2.10 bits per heavy atom. The van der Waals surface area contributed by atoms with E-state index in [0.717, 1.165) is 43.9 Å². The van der Waals surface area contributed by atoms with Crippen LogP contribution in [0.25, 0.3) is 0 Å². The van der Waals surface area contributed by atoms with E-state index in [1.807, 2.05) is 30.3 Å². The minimum Gasteiger partial charge on any atom is -0.491 e. The highest BCUT2D eigenvalue weighted by molar-refractivity contribution is 5.34. The fourth-order valence-corrected chi connectivity index (χ4v) is 2.40. The van der Waals surface area contributed by atoms with E-state index in [2.05, 4.69) is 16.8 Å². The third kappa shape index (κ3) is 4.63. The van der Waals surface area contributed by atoms with Crippen molar-refractivity contribution in [2.45, 2.75) is 12.5 Å². The zero-order chi connectivity index (χ0) is 14.2. The molecule has 0 spiro atoms. The molecular weight excluding hydrogens is 252 g/mol. The van der Waals surface area contributed by atoms with Crippen LogP contribution in [0.2, 0.25) is 0 Å². The van der Waals surface area contributed by atoms with E-state index in [1.54, 1.807) is 0 Å². The molecule has 0 saturated carbocycles. The van der Waals surface area contributed by atoms with Crippen molar-refractivity contribution >= 4 is 0 Å². The highest BCUT2D eigenvalue weighted by Crippen LogP contribution is 2.18. The van der Waals surface area contributed by atoms with Crippen molar-refractivity contribution in [2.75, 3.05) is 39.3 Å². The Morgan fingerprint density at radius 1 is 1.35 bits per heavy atom. The number of benzene rings is 1. The molecule has 0 aliphatic carbocycles. The Labute approximate surface area is 121 Å². The molecule has 0 radical (unpaired) electrons. The fourth-order valence-electron chi connectivity index (χ4n) is 2.40. The number of piperazine rings is 1. The van der Waals surface area contributed by atoms with Gasteiger partial charge in [-0.1, -0.05) is 24.3 Å². The first-order chi connectivity index (χ1) is 9.79. The first-order valence-electron chi connectivity index (χ1n) is 7.22. The van der Waals surface area contributed by atoms with Crippen molar-refractivity contribution in [1.29, 1.82) is 0 Å². The average molecular weight is 276 g/mol. The summed E-state index contributed by atoms with van der Waals surface area (Å²) in [7, 11) is 0. The second kappa shape index (κ2) is 8.04. The summed E-state index contributed by atoms with van der Waals surface area (Å²) in [4.78, 5) is 2.26. The van der Waals surface area contributed by atoms with E-state index >= 15 is 0 Å². The third-order valence-electron chi connectivity index (χ3n) is 3.45. The van der Waals surface area contributed by atoms with E-state index in [0.29, 0.717) is 13.2 Å². The van der Waals surface area contributed by atoms with Gasteiger partial charge in [0.1, 0.15) is 18.5 Å². The van der Waals surface area contributed by atoms with Gasteiger partial charge < -0.3 is 15.2 Å². The Bertz CT molecular complexity index is 417. The number of allylic oxidation sites excluding steroid dienone is 1. The summed E-state index contributed by atoms with van der Waals surface area (Å²) in [6.07, 6.45) is 2.19. The van der Waals surface area contributed by atoms with Gasteiger partial charge in [-0.3, -0.25) is 4.90 Å². The lowest BCUT2D eigenvalue weighted by molar-refractivity contribution is 0.0638. The fraction of sp³-hybridized carbons (Fsp3) is 0.500. The molecule has 1 aromatic carbocycles. The average Bonchev–Trinajstić information content (AvgIpc) is 2.48. The molecule has 4 heteroatoms. The molecule has 110 valence electrons. The van der Waals surface area contributed by atoms with Crippen LogP contribution in [-0.2, 0) is 6.42 Å². The van der Waals surface area contributed by atoms with E-state index in [1.165, 1.54) is 0 Å². The number of hydrogen-bond acceptors (Lipinski definition) is 4. The second-order valence-electron chi connectivity index (χ2n) is 5.12. The number of nitrogens with zero attached hydrogens (tertiary/aromatic N) is 1. The number of aliphatic hydroxyl groups excluding tert-OH is 1. The standard InChI is InChI=1S/C16H24N2O2/c1-2-5-14-6-3-4-7-16(14)20-13-15(19)12-18-10-8-17-9-11-18/h2-4,6-7,15,17,19H,1,5,8-13H2. The highest BCUT2D eigenvalue weighted by atomic mass is 16.5. The Morgan fingerprint density at radius 3 is 2.85 bits per heavy atom. The van der Waals surface area contributed by atoms with Crippen LogP contribution in [0.15, 0.2) is 36.9 Å². The van der Waals surface area contributed by atoms with Gasteiger partial charge in [0.2, 0.25) is 0 Å². The number of para-hydroxylation sites is 1. The van der Waals surface area contributed by atoms with Crippen LogP contribution in [0.3, 0.4) is 0 Å². The van der Waals surface area contributed by atoms with Gasteiger partial charge in [0, 0.05) is 32.7 Å². The van der Waals surface area contributed by atoms with Crippen molar-refractivity contribution < 1.29 is 9.84 Å². The van der Waals surface area contributed by atoms with E-state index in [9.17, 15) is 5.11 Å². The van der Waals surface area contributed by atoms with Crippen molar-refractivity contribution in [3.63, 3.8) is 0 Å². The summed E-state index contributed by atoms with van der Waals surface area (Å²) in [6.45, 7) is 8.73. The van der Waals surface area contributed by atoms with Gasteiger partial charge in [0.15, 0.2) is 0 Å². The molecule has 1 aromatic rings. The normalized spacial score (nSPS) is 17.6. The van der Waals surface area contributed by atoms with Crippen LogP contribution in [0.5, 0.6) is 5.75 Å². The molecule has 1 aliphatic heterocycles. The molecule has 2 N–H and O–H groups in total. The van der Waals surface area contributed by atoms with E-state index < -0.39 is 6.10 Å². The molecule has 1 unspecified atom stereocenters. The molecule has 1 fully saturated rings. The van der Waals surface area contributed by atoms with Gasteiger partial charge in [-0.05, 0) is 18.1 Å². The zero-order valence-electron chi connectivity index (χ0n) is 11.9. The first-order valence-corrected chi connectivity index (χ1v) is 7.22. The number of rotatable bonds is 7. The van der Waals surface area contributed by atoms with Crippen molar-refractivity contribution in [3.8, 4) is 5.75 Å². The molecule has 1 heterocycles. The Balaban J connectivity index is 1.80. The lowest BCUT2D eigenvalue weighted by Crippen LogP contribution is -2.47. The Kier molecular flexibility index (Phi) is 6.05. The number of nitrogens with one attached hydrogen (secondary N) is 1. The molecule has 0 aromatic heterocycles. The van der Waals surface area contributed by atoms with Gasteiger partial charge in [-0.25, -0.2) is 0 Å².